The van der Waals surface area contributed by atoms with Gasteiger partial charge in [0.05, 0.1) is 29.5 Å². The second-order valence-electron chi connectivity index (χ2n) is 7.41. The van der Waals surface area contributed by atoms with Gasteiger partial charge in [-0.15, -0.1) is 0 Å². The molecule has 1 fully saturated rings. The number of carbonyl (C=O) groups excluding carboxylic acids is 1. The summed E-state index contributed by atoms with van der Waals surface area (Å²) in [6, 6.07) is 11.9. The maximum Gasteiger partial charge on any atom is 0.251 e. The molecule has 0 atom stereocenters. The Balaban J connectivity index is 1.52. The molecular formula is C21H27N3O7S2. The van der Waals surface area contributed by atoms with Crippen LogP contribution in [0.2, 0.25) is 0 Å². The highest BCUT2D eigenvalue weighted by atomic mass is 32.2. The Kier molecular flexibility index (Phi) is 8.08. The monoisotopic (exact) mass is 497 g/mol. The standard InChI is InChI=1S/C21H27N3O7S2/c1-23(2)32(26,27)20-5-3-4-17(16-20)21(25)22-10-13-31-18-6-8-19(9-7-18)33(28,29)24-11-14-30-15-12-24/h3-9,16H,10-15H2,1-2H3,(H,22,25). The number of amides is 1. The number of morpholine rings is 1. The van der Waals surface area contributed by atoms with Gasteiger partial charge in [-0.3, -0.25) is 4.79 Å². The summed E-state index contributed by atoms with van der Waals surface area (Å²) in [5, 5.41) is 2.67. The summed E-state index contributed by atoms with van der Waals surface area (Å²) in [7, 11) is -4.37. The molecule has 2 aromatic carbocycles. The summed E-state index contributed by atoms with van der Waals surface area (Å²) >= 11 is 0. The molecule has 0 aromatic heterocycles. The normalized spacial score (nSPS) is 15.4. The highest BCUT2D eigenvalue weighted by Gasteiger charge is 2.26. The molecule has 12 heteroatoms. The van der Waals surface area contributed by atoms with Crippen molar-refractivity contribution >= 4 is 26.0 Å². The van der Waals surface area contributed by atoms with Crippen LogP contribution in [0.1, 0.15) is 10.4 Å². The molecular weight excluding hydrogens is 470 g/mol. The zero-order chi connectivity index (χ0) is 24.1. The lowest BCUT2D eigenvalue weighted by Crippen LogP contribution is -2.40. The van der Waals surface area contributed by atoms with Gasteiger partial charge >= 0.3 is 0 Å². The third kappa shape index (κ3) is 6.09. The Morgan fingerprint density at radius 1 is 1.03 bits per heavy atom. The number of ether oxygens (including phenoxy) is 2. The third-order valence-corrected chi connectivity index (χ3v) is 8.69. The fourth-order valence-corrected chi connectivity index (χ4v) is 5.44. The van der Waals surface area contributed by atoms with Gasteiger partial charge in [0.15, 0.2) is 0 Å². The average molecular weight is 498 g/mol. The predicted octanol–water partition coefficient (Wildman–Crippen LogP) is 0.767. The summed E-state index contributed by atoms with van der Waals surface area (Å²) in [6.45, 7) is 1.73. The number of hydrogen-bond acceptors (Lipinski definition) is 7. The molecule has 0 aliphatic carbocycles. The van der Waals surface area contributed by atoms with Gasteiger partial charge in [-0.25, -0.2) is 21.1 Å². The topological polar surface area (TPSA) is 122 Å². The number of benzene rings is 2. The fraction of sp³-hybridized carbons (Fsp3) is 0.381. The molecule has 0 unspecified atom stereocenters. The van der Waals surface area contributed by atoms with Crippen molar-refractivity contribution in [3.8, 4) is 5.75 Å². The van der Waals surface area contributed by atoms with E-state index in [-0.39, 0.29) is 28.5 Å². The second-order valence-corrected chi connectivity index (χ2v) is 11.5. The van der Waals surface area contributed by atoms with Crippen LogP contribution in [-0.4, -0.2) is 84.9 Å². The van der Waals surface area contributed by atoms with Crippen molar-refractivity contribution in [1.82, 2.24) is 13.9 Å². The van der Waals surface area contributed by atoms with E-state index in [0.29, 0.717) is 32.1 Å². The van der Waals surface area contributed by atoms with E-state index in [2.05, 4.69) is 5.32 Å². The van der Waals surface area contributed by atoms with E-state index in [1.807, 2.05) is 0 Å². The Morgan fingerprint density at radius 2 is 1.70 bits per heavy atom. The van der Waals surface area contributed by atoms with E-state index in [4.69, 9.17) is 9.47 Å². The summed E-state index contributed by atoms with van der Waals surface area (Å²) in [5.41, 5.74) is 0.218. The van der Waals surface area contributed by atoms with Crippen molar-refractivity contribution < 1.29 is 31.1 Å². The van der Waals surface area contributed by atoms with Crippen molar-refractivity contribution in [1.29, 1.82) is 0 Å². The first kappa shape index (κ1) is 25.1. The third-order valence-electron chi connectivity index (χ3n) is 4.96. The first-order chi connectivity index (χ1) is 15.6. The van der Waals surface area contributed by atoms with Crippen molar-refractivity contribution in [3.05, 3.63) is 54.1 Å². The van der Waals surface area contributed by atoms with Gasteiger partial charge in [0.1, 0.15) is 12.4 Å². The number of nitrogens with one attached hydrogen (secondary N) is 1. The van der Waals surface area contributed by atoms with E-state index in [1.54, 1.807) is 12.1 Å². The van der Waals surface area contributed by atoms with E-state index in [1.165, 1.54) is 54.8 Å². The molecule has 33 heavy (non-hydrogen) atoms. The molecule has 0 radical (unpaired) electrons. The van der Waals surface area contributed by atoms with Gasteiger partial charge in [-0.05, 0) is 42.5 Å². The minimum atomic E-state index is -3.64. The van der Waals surface area contributed by atoms with E-state index in [0.717, 1.165) is 4.31 Å². The van der Waals surface area contributed by atoms with Gasteiger partial charge in [-0.1, -0.05) is 6.07 Å². The largest absolute Gasteiger partial charge is 0.492 e. The number of nitrogens with zero attached hydrogens (tertiary/aromatic N) is 2. The van der Waals surface area contributed by atoms with E-state index < -0.39 is 26.0 Å². The van der Waals surface area contributed by atoms with Crippen LogP contribution in [0.4, 0.5) is 0 Å². The molecule has 10 nitrogen and oxygen atoms in total. The Labute approximate surface area is 194 Å². The van der Waals surface area contributed by atoms with Crippen LogP contribution >= 0.6 is 0 Å². The number of hydrogen-bond donors (Lipinski definition) is 1. The first-order valence-corrected chi connectivity index (χ1v) is 13.1. The van der Waals surface area contributed by atoms with Crippen molar-refractivity contribution in [2.75, 3.05) is 53.6 Å². The van der Waals surface area contributed by atoms with E-state index >= 15 is 0 Å². The maximum absolute atomic E-state index is 12.6. The first-order valence-electron chi connectivity index (χ1n) is 10.2. The molecule has 1 aliphatic heterocycles. The zero-order valence-corrected chi connectivity index (χ0v) is 20.1. The Morgan fingerprint density at radius 3 is 2.33 bits per heavy atom. The number of sulfonamides is 2. The minimum absolute atomic E-state index is 0.0310. The van der Waals surface area contributed by atoms with Crippen LogP contribution in [0.3, 0.4) is 0 Å². The lowest BCUT2D eigenvalue weighted by molar-refractivity contribution is 0.0730. The van der Waals surface area contributed by atoms with E-state index in [9.17, 15) is 21.6 Å². The quantitative estimate of drug-likeness (QED) is 0.508. The molecule has 1 heterocycles. The summed E-state index contributed by atoms with van der Waals surface area (Å²) in [6.07, 6.45) is 0. The lowest BCUT2D eigenvalue weighted by atomic mass is 10.2. The predicted molar refractivity (Wildman–Crippen MR) is 121 cm³/mol. The van der Waals surface area contributed by atoms with Gasteiger partial charge in [0.2, 0.25) is 20.0 Å². The fourth-order valence-electron chi connectivity index (χ4n) is 3.09. The van der Waals surface area contributed by atoms with Crippen molar-refractivity contribution in [2.45, 2.75) is 9.79 Å². The van der Waals surface area contributed by atoms with Gasteiger partial charge < -0.3 is 14.8 Å². The minimum Gasteiger partial charge on any atom is -0.492 e. The molecule has 2 aromatic rings. The summed E-state index contributed by atoms with van der Waals surface area (Å²) in [4.78, 5) is 12.6. The Hall–Kier alpha value is -2.51. The smallest absolute Gasteiger partial charge is 0.251 e. The van der Waals surface area contributed by atoms with Crippen molar-refractivity contribution in [3.63, 3.8) is 0 Å². The average Bonchev–Trinajstić information content (AvgIpc) is 2.82. The van der Waals surface area contributed by atoms with Crippen LogP contribution in [0.15, 0.2) is 58.3 Å². The molecule has 0 bridgehead atoms. The van der Waals surface area contributed by atoms with Crippen LogP contribution in [0.5, 0.6) is 5.75 Å². The van der Waals surface area contributed by atoms with Crippen LogP contribution in [0.25, 0.3) is 0 Å². The lowest BCUT2D eigenvalue weighted by Gasteiger charge is -2.26. The Bertz CT molecular complexity index is 1170. The van der Waals surface area contributed by atoms with Crippen LogP contribution in [0, 0.1) is 0 Å². The van der Waals surface area contributed by atoms with Gasteiger partial charge in [0, 0.05) is 32.7 Å². The molecule has 1 amide bonds. The SMILES string of the molecule is CN(C)S(=O)(=O)c1cccc(C(=O)NCCOc2ccc(S(=O)(=O)N3CCOCC3)cc2)c1. The number of carbonyl (C=O) groups is 1. The molecule has 1 saturated heterocycles. The highest BCUT2D eigenvalue weighted by Crippen LogP contribution is 2.20. The summed E-state index contributed by atoms with van der Waals surface area (Å²) in [5.74, 6) is 0.0330. The second kappa shape index (κ2) is 10.6. The molecule has 1 N–H and O–H groups in total. The molecule has 180 valence electrons. The van der Waals surface area contributed by atoms with Crippen LogP contribution < -0.4 is 10.1 Å². The van der Waals surface area contributed by atoms with Crippen LogP contribution in [-0.2, 0) is 24.8 Å². The maximum atomic E-state index is 12.6. The molecule has 0 saturated carbocycles. The van der Waals surface area contributed by atoms with Gasteiger partial charge in [0.25, 0.3) is 5.91 Å². The molecule has 3 rings (SSSR count). The highest BCUT2D eigenvalue weighted by molar-refractivity contribution is 7.89. The molecule has 0 spiro atoms. The van der Waals surface area contributed by atoms with Gasteiger partial charge in [-0.2, -0.15) is 4.31 Å². The number of rotatable bonds is 9. The molecule has 1 aliphatic rings. The summed E-state index contributed by atoms with van der Waals surface area (Å²) < 4.78 is 63.0. The van der Waals surface area contributed by atoms with Crippen molar-refractivity contribution in [2.24, 2.45) is 0 Å². The zero-order valence-electron chi connectivity index (χ0n) is 18.4.